The molecule has 0 saturated carbocycles. The van der Waals surface area contributed by atoms with Crippen LogP contribution in [0, 0.1) is 6.92 Å². The van der Waals surface area contributed by atoms with Crippen molar-refractivity contribution in [2.24, 2.45) is 0 Å². The largest absolute Gasteiger partial charge is 0.348 e. The maximum absolute atomic E-state index is 4.24. The molecular formula is C14H16N+. The minimum Gasteiger partial charge on any atom is -0.348 e. The maximum Gasteiger partial charge on any atom is 0.136 e. The van der Waals surface area contributed by atoms with E-state index in [1.165, 1.54) is 16.7 Å². The number of benzene rings is 2. The summed E-state index contributed by atoms with van der Waals surface area (Å²) in [6.07, 6.45) is 0. The van der Waals surface area contributed by atoms with Gasteiger partial charge in [0.15, 0.2) is 0 Å². The first kappa shape index (κ1) is 9.94. The first-order chi connectivity index (χ1) is 7.29. The van der Waals surface area contributed by atoms with Crippen molar-refractivity contribution >= 4 is 0 Å². The first-order valence-corrected chi connectivity index (χ1v) is 5.22. The van der Waals surface area contributed by atoms with E-state index in [1.807, 2.05) is 6.07 Å². The molecule has 0 radical (unpaired) electrons. The highest BCUT2D eigenvalue weighted by atomic mass is 14.6. The van der Waals surface area contributed by atoms with Crippen LogP contribution in [-0.4, -0.2) is 0 Å². The Morgan fingerprint density at radius 3 is 2.13 bits per heavy atom. The molecule has 0 spiro atoms. The van der Waals surface area contributed by atoms with Gasteiger partial charge in [0.2, 0.25) is 0 Å². The summed E-state index contributed by atoms with van der Waals surface area (Å²) >= 11 is 0. The molecule has 0 saturated heterocycles. The first-order valence-electron chi connectivity index (χ1n) is 5.22. The maximum atomic E-state index is 4.24. The minimum atomic E-state index is 0.229. The summed E-state index contributed by atoms with van der Waals surface area (Å²) in [6, 6.07) is 19.1. The van der Waals surface area contributed by atoms with Gasteiger partial charge in [0.05, 0.1) is 0 Å². The van der Waals surface area contributed by atoms with Gasteiger partial charge in [-0.15, -0.1) is 0 Å². The third kappa shape index (κ3) is 2.08. The molecule has 1 heteroatoms. The average Bonchev–Trinajstić information content (AvgIpc) is 2.30. The lowest BCUT2D eigenvalue weighted by Crippen LogP contribution is -2.54. The summed E-state index contributed by atoms with van der Waals surface area (Å²) in [6.45, 7) is 2.14. The molecule has 76 valence electrons. The van der Waals surface area contributed by atoms with Gasteiger partial charge in [-0.1, -0.05) is 54.6 Å². The van der Waals surface area contributed by atoms with E-state index in [0.29, 0.717) is 0 Å². The number of rotatable bonds is 2. The van der Waals surface area contributed by atoms with E-state index >= 15 is 0 Å². The fourth-order valence-corrected chi connectivity index (χ4v) is 1.84. The van der Waals surface area contributed by atoms with Gasteiger partial charge in [-0.05, 0) is 12.5 Å². The van der Waals surface area contributed by atoms with Gasteiger partial charge in [0.1, 0.15) is 6.04 Å². The van der Waals surface area contributed by atoms with Crippen molar-refractivity contribution in [3.63, 3.8) is 0 Å². The Morgan fingerprint density at radius 2 is 1.47 bits per heavy atom. The molecule has 1 atom stereocenters. The topological polar surface area (TPSA) is 27.6 Å². The van der Waals surface area contributed by atoms with Crippen LogP contribution >= 0.6 is 0 Å². The van der Waals surface area contributed by atoms with E-state index in [0.717, 1.165) is 0 Å². The van der Waals surface area contributed by atoms with E-state index in [9.17, 15) is 0 Å². The van der Waals surface area contributed by atoms with Crippen LogP contribution < -0.4 is 5.73 Å². The highest BCUT2D eigenvalue weighted by molar-refractivity contribution is 5.34. The zero-order valence-corrected chi connectivity index (χ0v) is 8.98. The van der Waals surface area contributed by atoms with Gasteiger partial charge in [-0.3, -0.25) is 0 Å². The van der Waals surface area contributed by atoms with Gasteiger partial charge in [-0.25, -0.2) is 0 Å². The normalized spacial score (nSPS) is 12.4. The van der Waals surface area contributed by atoms with Gasteiger partial charge in [0, 0.05) is 11.1 Å². The third-order valence-electron chi connectivity index (χ3n) is 2.77. The molecule has 2 aromatic rings. The van der Waals surface area contributed by atoms with E-state index in [1.54, 1.807) is 0 Å². The monoisotopic (exact) mass is 198 g/mol. The van der Waals surface area contributed by atoms with Crippen LogP contribution in [0.25, 0.3) is 0 Å². The Hall–Kier alpha value is -1.60. The van der Waals surface area contributed by atoms with Crippen LogP contribution in [0.5, 0.6) is 0 Å². The zero-order valence-electron chi connectivity index (χ0n) is 8.98. The van der Waals surface area contributed by atoms with Crippen LogP contribution in [0.2, 0.25) is 0 Å². The molecule has 0 fully saturated rings. The summed E-state index contributed by atoms with van der Waals surface area (Å²) in [7, 11) is 0. The molecule has 0 bridgehead atoms. The van der Waals surface area contributed by atoms with Gasteiger partial charge < -0.3 is 5.73 Å². The summed E-state index contributed by atoms with van der Waals surface area (Å²) in [5.74, 6) is 0. The summed E-state index contributed by atoms with van der Waals surface area (Å²) in [5, 5.41) is 0. The lowest BCUT2D eigenvalue weighted by atomic mass is 9.96. The second-order valence-electron chi connectivity index (χ2n) is 3.82. The molecule has 0 amide bonds. The molecule has 2 rings (SSSR count). The molecule has 0 aliphatic heterocycles. The fourth-order valence-electron chi connectivity index (χ4n) is 1.84. The standard InChI is InChI=1S/C14H15N/c1-11-7-5-6-10-13(11)14(15)12-8-3-2-4-9-12/h2-10,14H,15H2,1H3/p+1. The molecule has 0 aromatic heterocycles. The molecular weight excluding hydrogens is 182 g/mol. The lowest BCUT2D eigenvalue weighted by Gasteiger charge is -2.11. The molecule has 15 heavy (non-hydrogen) atoms. The molecule has 0 heterocycles. The third-order valence-corrected chi connectivity index (χ3v) is 2.77. The molecule has 2 aromatic carbocycles. The Kier molecular flexibility index (Phi) is 2.84. The second-order valence-corrected chi connectivity index (χ2v) is 3.82. The lowest BCUT2D eigenvalue weighted by molar-refractivity contribution is -0.411. The number of hydrogen-bond donors (Lipinski definition) is 1. The second kappa shape index (κ2) is 4.28. The van der Waals surface area contributed by atoms with Crippen LogP contribution in [0.15, 0.2) is 54.6 Å². The van der Waals surface area contributed by atoms with E-state index in [-0.39, 0.29) is 6.04 Å². The Bertz CT molecular complexity index is 434. The summed E-state index contributed by atoms with van der Waals surface area (Å²) in [5.41, 5.74) is 8.13. The molecule has 1 unspecified atom stereocenters. The SMILES string of the molecule is Cc1ccccc1C([NH3+])c1ccccc1. The van der Waals surface area contributed by atoms with Crippen LogP contribution in [0.3, 0.4) is 0 Å². The minimum absolute atomic E-state index is 0.229. The van der Waals surface area contributed by atoms with Crippen LogP contribution in [0.4, 0.5) is 0 Å². The highest BCUT2D eigenvalue weighted by Crippen LogP contribution is 2.20. The van der Waals surface area contributed by atoms with Crippen molar-refractivity contribution in [2.75, 3.05) is 0 Å². The van der Waals surface area contributed by atoms with Crippen molar-refractivity contribution in [1.82, 2.24) is 0 Å². The van der Waals surface area contributed by atoms with Gasteiger partial charge >= 0.3 is 0 Å². The number of quaternary nitrogens is 1. The number of aryl methyl sites for hydroxylation is 1. The Balaban J connectivity index is 2.37. The van der Waals surface area contributed by atoms with Gasteiger partial charge in [-0.2, -0.15) is 0 Å². The van der Waals surface area contributed by atoms with Crippen LogP contribution in [0.1, 0.15) is 22.7 Å². The summed E-state index contributed by atoms with van der Waals surface area (Å²) in [4.78, 5) is 0. The van der Waals surface area contributed by atoms with Crippen molar-refractivity contribution in [3.8, 4) is 0 Å². The van der Waals surface area contributed by atoms with Gasteiger partial charge in [0.25, 0.3) is 0 Å². The van der Waals surface area contributed by atoms with Crippen molar-refractivity contribution in [3.05, 3.63) is 71.3 Å². The number of hydrogen-bond acceptors (Lipinski definition) is 0. The molecule has 3 N–H and O–H groups in total. The average molecular weight is 198 g/mol. The highest BCUT2D eigenvalue weighted by Gasteiger charge is 2.13. The van der Waals surface area contributed by atoms with E-state index in [2.05, 4.69) is 61.2 Å². The quantitative estimate of drug-likeness (QED) is 0.767. The summed E-state index contributed by atoms with van der Waals surface area (Å²) < 4.78 is 0. The fraction of sp³-hybridized carbons (Fsp3) is 0.143. The Morgan fingerprint density at radius 1 is 0.867 bits per heavy atom. The van der Waals surface area contributed by atoms with Crippen LogP contribution in [-0.2, 0) is 0 Å². The smallest absolute Gasteiger partial charge is 0.136 e. The van der Waals surface area contributed by atoms with Crippen molar-refractivity contribution in [1.29, 1.82) is 0 Å². The molecule has 0 aliphatic rings. The van der Waals surface area contributed by atoms with Crippen molar-refractivity contribution in [2.45, 2.75) is 13.0 Å². The predicted molar refractivity (Wildman–Crippen MR) is 62.4 cm³/mol. The van der Waals surface area contributed by atoms with E-state index in [4.69, 9.17) is 0 Å². The molecule has 0 aliphatic carbocycles. The Labute approximate surface area is 90.6 Å². The van der Waals surface area contributed by atoms with Crippen molar-refractivity contribution < 1.29 is 5.73 Å². The molecule has 1 nitrogen and oxygen atoms in total. The zero-order chi connectivity index (χ0) is 10.7. The predicted octanol–water partition coefficient (Wildman–Crippen LogP) is 2.33. The van der Waals surface area contributed by atoms with E-state index < -0.39 is 0 Å².